The minimum absolute atomic E-state index is 0.112. The summed E-state index contributed by atoms with van der Waals surface area (Å²) in [6.07, 6.45) is 0. The zero-order valence-electron chi connectivity index (χ0n) is 8.03. The number of rotatable bonds is 2. The van der Waals surface area contributed by atoms with Crippen LogP contribution in [0.5, 0.6) is 0 Å². The first-order valence-corrected chi connectivity index (χ1v) is 4.78. The maximum Gasteiger partial charge on any atom is 0.181 e. The topological polar surface area (TPSA) is 43.1 Å². The molecule has 0 aliphatic heterocycles. The highest BCUT2D eigenvalue weighted by Gasteiger charge is 2.09. The van der Waals surface area contributed by atoms with E-state index >= 15 is 0 Å². The summed E-state index contributed by atoms with van der Waals surface area (Å²) in [6, 6.07) is 8.75. The van der Waals surface area contributed by atoms with E-state index in [9.17, 15) is 4.79 Å². The maximum atomic E-state index is 11.0. The Bertz CT molecular complexity index is 488. The number of benzene rings is 1. The molecule has 0 radical (unpaired) electrons. The lowest BCUT2D eigenvalue weighted by molar-refractivity contribution is 0.100. The van der Waals surface area contributed by atoms with Crippen LogP contribution in [-0.4, -0.2) is 10.9 Å². The van der Waals surface area contributed by atoms with Crippen LogP contribution in [0.1, 0.15) is 17.4 Å². The van der Waals surface area contributed by atoms with Gasteiger partial charge in [-0.1, -0.05) is 16.8 Å². The molecular weight excluding hydrogens is 214 g/mol. The predicted molar refractivity (Wildman–Crippen MR) is 57.0 cm³/mol. The molecule has 0 amide bonds. The molecule has 0 atom stereocenters. The third-order valence-electron chi connectivity index (χ3n) is 2.00. The van der Waals surface area contributed by atoms with E-state index in [1.54, 1.807) is 18.2 Å². The highest BCUT2D eigenvalue weighted by atomic mass is 35.5. The number of carbonyl (C=O) groups excluding carboxylic acids is 1. The molecule has 2 aromatic rings. The van der Waals surface area contributed by atoms with Gasteiger partial charge < -0.3 is 4.52 Å². The molecule has 0 unspecified atom stereocenters. The van der Waals surface area contributed by atoms with Crippen LogP contribution in [0.3, 0.4) is 0 Å². The second-order valence-corrected chi connectivity index (χ2v) is 3.58. The molecule has 0 fully saturated rings. The molecule has 0 saturated carbocycles. The summed E-state index contributed by atoms with van der Waals surface area (Å²) in [4.78, 5) is 11.0. The van der Waals surface area contributed by atoms with Crippen LogP contribution < -0.4 is 0 Å². The molecule has 15 heavy (non-hydrogen) atoms. The number of nitrogens with zero attached hydrogens (tertiary/aromatic N) is 1. The first kappa shape index (κ1) is 9.93. The van der Waals surface area contributed by atoms with E-state index in [1.807, 2.05) is 12.1 Å². The molecule has 0 bridgehead atoms. The van der Waals surface area contributed by atoms with E-state index in [-0.39, 0.29) is 5.78 Å². The molecular formula is C11H8ClNO2. The van der Waals surface area contributed by atoms with Crippen molar-refractivity contribution in [1.82, 2.24) is 5.16 Å². The van der Waals surface area contributed by atoms with Crippen LogP contribution in [0.4, 0.5) is 0 Å². The molecule has 3 nitrogen and oxygen atoms in total. The van der Waals surface area contributed by atoms with Gasteiger partial charge in [-0.25, -0.2) is 0 Å². The number of hydrogen-bond acceptors (Lipinski definition) is 3. The van der Waals surface area contributed by atoms with Crippen LogP contribution in [0.25, 0.3) is 11.3 Å². The van der Waals surface area contributed by atoms with Crippen molar-refractivity contribution < 1.29 is 9.32 Å². The maximum absolute atomic E-state index is 11.0. The van der Waals surface area contributed by atoms with Gasteiger partial charge in [-0.3, -0.25) is 4.79 Å². The fourth-order valence-corrected chi connectivity index (χ4v) is 1.32. The zero-order chi connectivity index (χ0) is 10.8. The Morgan fingerprint density at radius 1 is 1.33 bits per heavy atom. The summed E-state index contributed by atoms with van der Waals surface area (Å²) in [5.41, 5.74) is 1.18. The molecule has 2 rings (SSSR count). The number of halogens is 1. The van der Waals surface area contributed by atoms with Gasteiger partial charge in [-0.05, 0) is 24.3 Å². The highest BCUT2D eigenvalue weighted by molar-refractivity contribution is 6.30. The summed E-state index contributed by atoms with van der Waals surface area (Å²) in [6.45, 7) is 1.45. The Labute approximate surface area is 91.6 Å². The summed E-state index contributed by atoms with van der Waals surface area (Å²) < 4.78 is 5.04. The molecule has 0 saturated heterocycles. The Kier molecular flexibility index (Phi) is 2.56. The average Bonchev–Trinajstić information content (AvgIpc) is 2.68. The van der Waals surface area contributed by atoms with Gasteiger partial charge in [0.1, 0.15) is 5.69 Å². The van der Waals surface area contributed by atoms with Crippen molar-refractivity contribution in [2.45, 2.75) is 6.92 Å². The molecule has 1 aromatic heterocycles. The van der Waals surface area contributed by atoms with Crippen molar-refractivity contribution in [3.63, 3.8) is 0 Å². The molecule has 1 heterocycles. The molecule has 0 aliphatic rings. The summed E-state index contributed by atoms with van der Waals surface area (Å²) >= 11 is 5.75. The van der Waals surface area contributed by atoms with Crippen LogP contribution in [-0.2, 0) is 0 Å². The second kappa shape index (κ2) is 3.87. The fraction of sp³-hybridized carbons (Fsp3) is 0.0909. The van der Waals surface area contributed by atoms with Gasteiger partial charge in [0.2, 0.25) is 0 Å². The van der Waals surface area contributed by atoms with E-state index < -0.39 is 0 Å². The summed E-state index contributed by atoms with van der Waals surface area (Å²) in [5, 5.41) is 4.31. The average molecular weight is 222 g/mol. The van der Waals surface area contributed by atoms with Crippen LogP contribution in [0.15, 0.2) is 34.9 Å². The van der Waals surface area contributed by atoms with Crippen LogP contribution >= 0.6 is 11.6 Å². The zero-order valence-corrected chi connectivity index (χ0v) is 8.78. The van der Waals surface area contributed by atoms with E-state index in [4.69, 9.17) is 16.1 Å². The predicted octanol–water partition coefficient (Wildman–Crippen LogP) is 3.20. The summed E-state index contributed by atoms with van der Waals surface area (Å²) in [7, 11) is 0. The van der Waals surface area contributed by atoms with Crippen molar-refractivity contribution in [3.05, 3.63) is 41.0 Å². The minimum Gasteiger partial charge on any atom is -0.356 e. The smallest absolute Gasteiger partial charge is 0.181 e. The Balaban J connectivity index is 2.37. The number of hydrogen-bond donors (Lipinski definition) is 0. The monoisotopic (exact) mass is 221 g/mol. The van der Waals surface area contributed by atoms with Gasteiger partial charge in [-0.15, -0.1) is 0 Å². The van der Waals surface area contributed by atoms with Gasteiger partial charge in [0.25, 0.3) is 0 Å². The van der Waals surface area contributed by atoms with Crippen molar-refractivity contribution in [3.8, 4) is 11.3 Å². The van der Waals surface area contributed by atoms with E-state index in [0.717, 1.165) is 5.56 Å². The van der Waals surface area contributed by atoms with Crippen LogP contribution in [0.2, 0.25) is 5.02 Å². The molecule has 1 aromatic carbocycles. The largest absolute Gasteiger partial charge is 0.356 e. The molecule has 76 valence electrons. The quantitative estimate of drug-likeness (QED) is 0.732. The van der Waals surface area contributed by atoms with E-state index in [2.05, 4.69) is 5.16 Å². The Hall–Kier alpha value is -1.61. The molecule has 4 heteroatoms. The van der Waals surface area contributed by atoms with Gasteiger partial charge in [0, 0.05) is 23.6 Å². The normalized spacial score (nSPS) is 10.3. The summed E-state index contributed by atoms with van der Waals surface area (Å²) in [5.74, 6) is 0.454. The standard InChI is InChI=1S/C11H8ClNO2/c1-7(14)10-6-11(15-13-10)8-2-4-9(12)5-3-8/h2-6H,1H3. The van der Waals surface area contributed by atoms with Crippen molar-refractivity contribution >= 4 is 17.4 Å². The number of Topliss-reactive ketones (excluding diaryl/α,β-unsaturated/α-hetero) is 1. The number of aromatic nitrogens is 1. The van der Waals surface area contributed by atoms with Crippen molar-refractivity contribution in [2.24, 2.45) is 0 Å². The lowest BCUT2D eigenvalue weighted by Gasteiger charge is -1.93. The highest BCUT2D eigenvalue weighted by Crippen LogP contribution is 2.22. The number of carbonyl (C=O) groups is 1. The molecule has 0 N–H and O–H groups in total. The van der Waals surface area contributed by atoms with E-state index in [1.165, 1.54) is 6.92 Å². The molecule has 0 spiro atoms. The number of ketones is 1. The first-order valence-electron chi connectivity index (χ1n) is 4.40. The lowest BCUT2D eigenvalue weighted by Crippen LogP contribution is -1.89. The second-order valence-electron chi connectivity index (χ2n) is 3.14. The van der Waals surface area contributed by atoms with Crippen molar-refractivity contribution in [2.75, 3.05) is 0 Å². The SMILES string of the molecule is CC(=O)c1cc(-c2ccc(Cl)cc2)on1. The van der Waals surface area contributed by atoms with E-state index in [0.29, 0.717) is 16.5 Å². The van der Waals surface area contributed by atoms with Gasteiger partial charge in [0.05, 0.1) is 0 Å². The van der Waals surface area contributed by atoms with Crippen molar-refractivity contribution in [1.29, 1.82) is 0 Å². The Morgan fingerprint density at radius 3 is 2.53 bits per heavy atom. The van der Waals surface area contributed by atoms with Gasteiger partial charge in [-0.2, -0.15) is 0 Å². The third-order valence-corrected chi connectivity index (χ3v) is 2.25. The lowest BCUT2D eigenvalue weighted by atomic mass is 10.1. The Morgan fingerprint density at radius 2 is 2.00 bits per heavy atom. The fourth-order valence-electron chi connectivity index (χ4n) is 1.19. The first-order chi connectivity index (χ1) is 7.16. The third kappa shape index (κ3) is 2.07. The molecule has 0 aliphatic carbocycles. The van der Waals surface area contributed by atoms with Gasteiger partial charge >= 0.3 is 0 Å². The van der Waals surface area contributed by atoms with Gasteiger partial charge in [0.15, 0.2) is 11.5 Å². The van der Waals surface area contributed by atoms with Crippen LogP contribution in [0, 0.1) is 0 Å². The minimum atomic E-state index is -0.112.